The molecular weight excluding hydrogens is 1080 g/mol. The van der Waals surface area contributed by atoms with E-state index in [2.05, 4.69) is 95.4 Å². The highest BCUT2D eigenvalue weighted by molar-refractivity contribution is 7.80. The van der Waals surface area contributed by atoms with Gasteiger partial charge in [0, 0.05) is 43.3 Å². The lowest BCUT2D eigenvalue weighted by Crippen LogP contribution is -2.62. The zero-order valence-electron chi connectivity index (χ0n) is 43.9. The third kappa shape index (κ3) is 27.5. The quantitative estimate of drug-likeness (QED) is 0.0128. The number of carbonyl (C=O) groups is 9. The van der Waals surface area contributed by atoms with Crippen LogP contribution in [-0.2, 0) is 49.6 Å². The number of aliphatic hydroxyl groups is 1. The van der Waals surface area contributed by atoms with Crippen molar-refractivity contribution < 1.29 is 53.4 Å². The fourth-order valence-electron chi connectivity index (χ4n) is 7.09. The zero-order chi connectivity index (χ0) is 59.1. The first-order valence-corrected chi connectivity index (χ1v) is 26.8. The molecule has 0 aliphatic heterocycles. The van der Waals surface area contributed by atoms with E-state index in [-0.39, 0.29) is 106 Å². The Bertz CT molecular complexity index is 2220. The first-order chi connectivity index (χ1) is 36.7. The normalized spacial score (nSPS) is 14.8. The van der Waals surface area contributed by atoms with Gasteiger partial charge >= 0.3 is 5.97 Å². The summed E-state index contributed by atoms with van der Waals surface area (Å²) in [6, 6.07) is -4.03. The number of nitrogens with zero attached hydrogens (tertiary/aromatic N) is 3. The SMILES string of the molecule is CC(C)C[C@H](NC(=O)[C@H](CS)NC(=O)[C@@H](N)CCCN=C(N)N)C(=O)N[C@@H](CS)C(=O)N[C@H](C(=O)N[C@@H](CCCN=C(N)N)C(=O)N[C@@H](CCCN=C(N)N)C(=O)N[C@@H](Cc1ccccc1)C(=O)N[C@@H](CS)C(=O)O)[C@@H](C)O. The molecule has 1 aromatic rings. The third-order valence-electron chi connectivity index (χ3n) is 11.2. The molecule has 32 heteroatoms. The van der Waals surface area contributed by atoms with Crippen LogP contribution in [-0.4, -0.2) is 179 Å². The van der Waals surface area contributed by atoms with Crippen LogP contribution in [0.25, 0.3) is 0 Å². The summed E-state index contributed by atoms with van der Waals surface area (Å²) in [5.41, 5.74) is 39.2. The second-order valence-electron chi connectivity index (χ2n) is 18.3. The highest BCUT2D eigenvalue weighted by Crippen LogP contribution is 2.11. The molecule has 0 heterocycles. The van der Waals surface area contributed by atoms with Crippen LogP contribution in [0.5, 0.6) is 0 Å². The highest BCUT2D eigenvalue weighted by Gasteiger charge is 2.36. The Balaban J connectivity index is 3.46. The number of hydrogen-bond donors (Lipinski definition) is 20. The number of aliphatic carboxylic acids is 1. The fraction of sp³-hybridized carbons (Fsp3) is 0.609. The Kier molecular flexibility index (Phi) is 32.9. The van der Waals surface area contributed by atoms with Gasteiger partial charge in [-0.05, 0) is 63.4 Å². The van der Waals surface area contributed by atoms with Crippen molar-refractivity contribution in [3.63, 3.8) is 0 Å². The van der Waals surface area contributed by atoms with Crippen LogP contribution in [0.15, 0.2) is 45.3 Å². The summed E-state index contributed by atoms with van der Waals surface area (Å²) in [5, 5.41) is 40.5. The van der Waals surface area contributed by atoms with Crippen molar-refractivity contribution in [1.82, 2.24) is 42.5 Å². The van der Waals surface area contributed by atoms with E-state index < -0.39 is 114 Å². The Labute approximate surface area is 469 Å². The number of nitrogens with one attached hydrogen (secondary N) is 8. The van der Waals surface area contributed by atoms with Gasteiger partial charge in [0.05, 0.1) is 12.1 Å². The first-order valence-electron chi connectivity index (χ1n) is 24.9. The number of aliphatic imine (C=N–C) groups is 3. The number of thiol groups is 3. The molecule has 1 rings (SSSR count). The van der Waals surface area contributed by atoms with E-state index in [0.29, 0.717) is 12.0 Å². The summed E-state index contributed by atoms with van der Waals surface area (Å²) in [4.78, 5) is 133. The minimum atomic E-state index is -1.78. The number of carboxylic acids is 1. The number of benzene rings is 1. The molecule has 0 aromatic heterocycles. The van der Waals surface area contributed by atoms with E-state index in [1.54, 1.807) is 44.2 Å². The van der Waals surface area contributed by atoms with Crippen LogP contribution in [0.2, 0.25) is 0 Å². The number of guanidine groups is 3. The van der Waals surface area contributed by atoms with Crippen molar-refractivity contribution in [3.05, 3.63) is 35.9 Å². The second-order valence-corrected chi connectivity index (χ2v) is 19.4. The Hall–Kier alpha value is -6.77. The molecule has 0 spiro atoms. The molecule has 0 saturated heterocycles. The van der Waals surface area contributed by atoms with Gasteiger partial charge in [-0.25, -0.2) is 4.79 Å². The van der Waals surface area contributed by atoms with Crippen molar-refractivity contribution in [2.45, 2.75) is 133 Å². The Morgan fingerprint density at radius 3 is 1.28 bits per heavy atom. The van der Waals surface area contributed by atoms with Crippen LogP contribution < -0.4 is 82.7 Å². The molecule has 1 aromatic carbocycles. The molecule has 29 nitrogen and oxygen atoms in total. The molecule has 0 aliphatic carbocycles. The van der Waals surface area contributed by atoms with E-state index >= 15 is 0 Å². The lowest BCUT2D eigenvalue weighted by molar-refractivity contribution is -0.141. The summed E-state index contributed by atoms with van der Waals surface area (Å²) in [5.74, 6) is -10.1. The molecule has 0 aliphatic rings. The van der Waals surface area contributed by atoms with E-state index in [1.165, 1.54) is 6.92 Å². The average molecular weight is 1160 g/mol. The fourth-order valence-corrected chi connectivity index (χ4v) is 7.85. The van der Waals surface area contributed by atoms with Gasteiger partial charge in [-0.15, -0.1) is 0 Å². The van der Waals surface area contributed by atoms with E-state index in [1.807, 2.05) is 0 Å². The number of amides is 8. The molecule has 0 saturated carbocycles. The van der Waals surface area contributed by atoms with Crippen molar-refractivity contribution >= 4 is 109 Å². The smallest absolute Gasteiger partial charge is 0.327 e. The van der Waals surface area contributed by atoms with Crippen LogP contribution in [0.3, 0.4) is 0 Å². The molecule has 8 amide bonds. The number of hydrogen-bond acceptors (Lipinski definition) is 17. The minimum absolute atomic E-state index is 0.00417. The Morgan fingerprint density at radius 1 is 0.487 bits per heavy atom. The van der Waals surface area contributed by atoms with Gasteiger partial charge in [0.15, 0.2) is 17.9 Å². The highest BCUT2D eigenvalue weighted by atomic mass is 32.1. The van der Waals surface area contributed by atoms with Crippen LogP contribution in [0.1, 0.15) is 71.3 Å². The molecule has 438 valence electrons. The lowest BCUT2D eigenvalue weighted by Gasteiger charge is -2.29. The number of nitrogens with two attached hydrogens (primary N) is 7. The maximum absolute atomic E-state index is 14.3. The van der Waals surface area contributed by atoms with Crippen molar-refractivity contribution in [2.24, 2.45) is 61.0 Å². The molecule has 78 heavy (non-hydrogen) atoms. The second kappa shape index (κ2) is 37.1. The third-order valence-corrected chi connectivity index (χ3v) is 12.3. The van der Waals surface area contributed by atoms with Crippen LogP contribution >= 0.6 is 37.9 Å². The van der Waals surface area contributed by atoms with Gasteiger partial charge in [-0.1, -0.05) is 44.2 Å². The molecule has 10 atom stereocenters. The molecule has 0 radical (unpaired) electrons. The van der Waals surface area contributed by atoms with Crippen molar-refractivity contribution in [1.29, 1.82) is 0 Å². The minimum Gasteiger partial charge on any atom is -0.480 e. The molecule has 0 bridgehead atoms. The number of carboxylic acid groups (broad SMARTS) is 1. The maximum atomic E-state index is 14.3. The van der Waals surface area contributed by atoms with Crippen LogP contribution in [0.4, 0.5) is 0 Å². The summed E-state index contributed by atoms with van der Waals surface area (Å²) in [6.45, 7) is 4.92. The number of aliphatic hydroxyl groups excluding tert-OH is 1. The molecule has 24 N–H and O–H groups in total. The van der Waals surface area contributed by atoms with Crippen LogP contribution in [0, 0.1) is 5.92 Å². The van der Waals surface area contributed by atoms with E-state index in [9.17, 15) is 53.4 Å². The molecular formula is C46H80N18O11S3. The lowest BCUT2D eigenvalue weighted by atomic mass is 10.0. The van der Waals surface area contributed by atoms with Gasteiger partial charge in [0.25, 0.3) is 0 Å². The van der Waals surface area contributed by atoms with Gasteiger partial charge in [-0.3, -0.25) is 53.3 Å². The largest absolute Gasteiger partial charge is 0.480 e. The van der Waals surface area contributed by atoms with Gasteiger partial charge < -0.3 is 92.9 Å². The molecule has 0 unspecified atom stereocenters. The number of rotatable bonds is 37. The average Bonchev–Trinajstić information content (AvgIpc) is 3.37. The molecule has 0 fully saturated rings. The standard InChI is InChI=1S/C46H80N18O11S3/c1-23(2)18-29(59-40(71)31(20-76)61-35(66)26(47)12-7-15-54-44(48)49)38(69)62-32(21-77)41(72)64-34(24(3)65)42(73)58-28(14-9-17-56-46(52)53)36(67)57-27(13-8-16-55-45(50)51)37(68)60-30(19-25-10-5-4-6-11-25)39(70)63-33(22-78)43(74)75/h4-6,10-11,23-24,26-34,65,76-78H,7-9,12-22,47H2,1-3H3,(H,57,67)(H,58,73)(H,59,71)(H,60,68)(H,61,66)(H,62,69)(H,63,70)(H,64,72)(H,74,75)(H4,48,49,54)(H4,50,51,55)(H4,52,53,56)/t24-,26+,27+,28+,29+,30+,31+,32+,33+,34+/m1/s1. The summed E-state index contributed by atoms with van der Waals surface area (Å²) >= 11 is 12.4. The van der Waals surface area contributed by atoms with Gasteiger partial charge in [0.2, 0.25) is 47.3 Å². The number of carbonyl (C=O) groups excluding carboxylic acids is 8. The Morgan fingerprint density at radius 2 is 0.846 bits per heavy atom. The first kappa shape index (κ1) is 69.2. The van der Waals surface area contributed by atoms with Gasteiger partial charge in [-0.2, -0.15) is 37.9 Å². The van der Waals surface area contributed by atoms with Gasteiger partial charge in [0.1, 0.15) is 48.3 Å². The van der Waals surface area contributed by atoms with Crippen molar-refractivity contribution in [3.8, 4) is 0 Å². The summed E-state index contributed by atoms with van der Waals surface area (Å²) < 4.78 is 0. The summed E-state index contributed by atoms with van der Waals surface area (Å²) in [6.07, 6.45) is -1.26. The van der Waals surface area contributed by atoms with Crippen molar-refractivity contribution in [2.75, 3.05) is 36.9 Å². The summed E-state index contributed by atoms with van der Waals surface area (Å²) in [7, 11) is 0. The van der Waals surface area contributed by atoms with E-state index in [0.717, 1.165) is 0 Å². The maximum Gasteiger partial charge on any atom is 0.327 e. The predicted molar refractivity (Wildman–Crippen MR) is 304 cm³/mol. The zero-order valence-corrected chi connectivity index (χ0v) is 46.6. The topological polar surface area (TPSA) is 510 Å². The predicted octanol–water partition coefficient (Wildman–Crippen LogP) is -6.10. The monoisotopic (exact) mass is 1160 g/mol. The van der Waals surface area contributed by atoms with E-state index in [4.69, 9.17) is 40.1 Å².